The van der Waals surface area contributed by atoms with Gasteiger partial charge in [0.25, 0.3) is 0 Å². The van der Waals surface area contributed by atoms with Crippen LogP contribution < -0.4 is 9.46 Å². The molecule has 0 spiro atoms. The molecule has 3 aliphatic heterocycles. The Labute approximate surface area is 177 Å². The third-order valence-corrected chi connectivity index (χ3v) is 6.67. The number of aliphatic hydroxyl groups excluding tert-OH is 1. The summed E-state index contributed by atoms with van der Waals surface area (Å²) in [6.45, 7) is 2.94. The van der Waals surface area contributed by atoms with Gasteiger partial charge in [-0.05, 0) is 31.7 Å². The number of carbonyl (C=O) groups excluding carboxylic acids is 1. The van der Waals surface area contributed by atoms with Crippen LogP contribution in [0.5, 0.6) is 5.75 Å². The number of nitrogens with zero attached hydrogens (tertiary/aromatic N) is 2. The zero-order valence-electron chi connectivity index (χ0n) is 17.3. The molecule has 0 bridgehead atoms. The van der Waals surface area contributed by atoms with Gasteiger partial charge >= 0.3 is 0 Å². The highest BCUT2D eigenvalue weighted by Gasteiger charge is 2.46. The molecule has 2 saturated heterocycles. The Morgan fingerprint density at radius 2 is 2.00 bits per heavy atom. The number of nitrogens with one attached hydrogen (secondary N) is 1. The van der Waals surface area contributed by atoms with E-state index < -0.39 is 16.1 Å². The smallest absolute Gasteiger partial charge is 0.229 e. The van der Waals surface area contributed by atoms with Gasteiger partial charge in [-0.1, -0.05) is 0 Å². The molecule has 0 saturated carbocycles. The first-order chi connectivity index (χ1) is 14.2. The molecule has 166 valence electrons. The Bertz CT molecular complexity index is 900. The number of likely N-dealkylation sites (N-methyl/N-ethyl adjacent to an activating group) is 1. The molecule has 0 unspecified atom stereocenters. The summed E-state index contributed by atoms with van der Waals surface area (Å²) in [5, 5.41) is 9.86. The number of carbonyl (C=O) groups is 1. The molecule has 1 aromatic rings. The Morgan fingerprint density at radius 1 is 1.27 bits per heavy atom. The Kier molecular flexibility index (Phi) is 5.93. The Balaban J connectivity index is 1.49. The number of rotatable bonds is 5. The van der Waals surface area contributed by atoms with Crippen LogP contribution in [-0.4, -0.2) is 93.6 Å². The highest BCUT2D eigenvalue weighted by molar-refractivity contribution is 7.92. The molecule has 0 radical (unpaired) electrons. The van der Waals surface area contributed by atoms with Crippen molar-refractivity contribution in [2.75, 3.05) is 50.8 Å². The fourth-order valence-corrected chi connectivity index (χ4v) is 5.10. The first kappa shape index (κ1) is 21.4. The summed E-state index contributed by atoms with van der Waals surface area (Å²) < 4.78 is 37.7. The molecule has 3 heterocycles. The predicted octanol–water partition coefficient (Wildman–Crippen LogP) is 0.217. The molecule has 2 N–H and O–H groups in total. The van der Waals surface area contributed by atoms with Gasteiger partial charge in [0.2, 0.25) is 15.9 Å². The largest absolute Gasteiger partial charge is 0.487 e. The molecule has 1 amide bonds. The van der Waals surface area contributed by atoms with Gasteiger partial charge in [-0.2, -0.15) is 0 Å². The average molecular weight is 440 g/mol. The lowest BCUT2D eigenvalue weighted by Gasteiger charge is -2.38. The van der Waals surface area contributed by atoms with Crippen molar-refractivity contribution >= 4 is 21.6 Å². The molecule has 4 atom stereocenters. The average Bonchev–Trinajstić information content (AvgIpc) is 3.04. The minimum atomic E-state index is -3.39. The van der Waals surface area contributed by atoms with Crippen LogP contribution in [0.3, 0.4) is 0 Å². The maximum absolute atomic E-state index is 12.8. The van der Waals surface area contributed by atoms with Crippen LogP contribution in [-0.2, 0) is 19.6 Å². The van der Waals surface area contributed by atoms with Gasteiger partial charge < -0.3 is 24.4 Å². The van der Waals surface area contributed by atoms with Crippen molar-refractivity contribution in [3.63, 3.8) is 0 Å². The molecule has 3 aliphatic rings. The van der Waals surface area contributed by atoms with Crippen LogP contribution in [0, 0.1) is 0 Å². The number of fused-ring (bicyclic) bond motifs is 3. The van der Waals surface area contributed by atoms with Gasteiger partial charge in [0.05, 0.1) is 25.4 Å². The van der Waals surface area contributed by atoms with Crippen LogP contribution in [0.4, 0.5) is 5.69 Å². The second kappa shape index (κ2) is 8.33. The molecule has 30 heavy (non-hydrogen) atoms. The number of amides is 1. The first-order valence-electron chi connectivity index (χ1n) is 10.2. The highest BCUT2D eigenvalue weighted by atomic mass is 32.2. The fraction of sp³-hybridized carbons (Fsp3) is 0.650. The van der Waals surface area contributed by atoms with E-state index in [-0.39, 0.29) is 37.1 Å². The number of aliphatic hydroxyl groups is 1. The van der Waals surface area contributed by atoms with Crippen LogP contribution >= 0.6 is 0 Å². The first-order valence-corrected chi connectivity index (χ1v) is 12.1. The zero-order chi connectivity index (χ0) is 21.5. The van der Waals surface area contributed by atoms with E-state index in [2.05, 4.69) is 9.62 Å². The third kappa shape index (κ3) is 4.56. The molecule has 4 rings (SSSR count). The number of hydrogen-bond donors (Lipinski definition) is 2. The van der Waals surface area contributed by atoms with E-state index in [0.717, 1.165) is 24.9 Å². The van der Waals surface area contributed by atoms with Crippen molar-refractivity contribution in [1.29, 1.82) is 0 Å². The van der Waals surface area contributed by atoms with Crippen molar-refractivity contribution in [2.24, 2.45) is 0 Å². The maximum Gasteiger partial charge on any atom is 0.229 e. The van der Waals surface area contributed by atoms with Crippen LogP contribution in [0.1, 0.15) is 24.3 Å². The van der Waals surface area contributed by atoms with E-state index in [0.29, 0.717) is 30.9 Å². The van der Waals surface area contributed by atoms with Crippen molar-refractivity contribution in [1.82, 2.24) is 9.80 Å². The SMILES string of the molecule is CN1CCN(C(=O)C[C@@H]2C[C@H]3c4cc(NS(C)(=O)=O)ccc4O[C@H]3[C@H](CO)O2)CC1. The number of anilines is 1. The number of ether oxygens (including phenoxy) is 2. The van der Waals surface area contributed by atoms with Crippen molar-refractivity contribution < 1.29 is 27.8 Å². The van der Waals surface area contributed by atoms with E-state index >= 15 is 0 Å². The summed E-state index contributed by atoms with van der Waals surface area (Å²) in [4.78, 5) is 16.8. The molecule has 9 nitrogen and oxygen atoms in total. The van der Waals surface area contributed by atoms with E-state index in [1.165, 1.54) is 0 Å². The molecule has 0 aliphatic carbocycles. The van der Waals surface area contributed by atoms with E-state index in [9.17, 15) is 18.3 Å². The number of hydrogen-bond acceptors (Lipinski definition) is 7. The van der Waals surface area contributed by atoms with Gasteiger partial charge in [0.15, 0.2) is 0 Å². The van der Waals surface area contributed by atoms with Crippen molar-refractivity contribution in [3.05, 3.63) is 23.8 Å². The lowest BCUT2D eigenvalue weighted by Crippen LogP contribution is -2.50. The van der Waals surface area contributed by atoms with Crippen LogP contribution in [0.15, 0.2) is 18.2 Å². The maximum atomic E-state index is 12.8. The predicted molar refractivity (Wildman–Crippen MR) is 111 cm³/mol. The van der Waals surface area contributed by atoms with Crippen molar-refractivity contribution in [2.45, 2.75) is 37.1 Å². The topological polar surface area (TPSA) is 108 Å². The number of sulfonamides is 1. The number of piperazine rings is 1. The molecule has 2 fully saturated rings. The van der Waals surface area contributed by atoms with Gasteiger partial charge in [0, 0.05) is 43.3 Å². The Morgan fingerprint density at radius 3 is 2.67 bits per heavy atom. The lowest BCUT2D eigenvalue weighted by molar-refractivity contribution is -0.150. The summed E-state index contributed by atoms with van der Waals surface area (Å²) in [5.74, 6) is 0.657. The van der Waals surface area contributed by atoms with Crippen LogP contribution in [0.25, 0.3) is 0 Å². The minimum Gasteiger partial charge on any atom is -0.487 e. The highest BCUT2D eigenvalue weighted by Crippen LogP contribution is 2.47. The van der Waals surface area contributed by atoms with E-state index in [1.54, 1.807) is 18.2 Å². The second-order valence-electron chi connectivity index (χ2n) is 8.42. The molecule has 0 aromatic heterocycles. The van der Waals surface area contributed by atoms with E-state index in [1.807, 2.05) is 11.9 Å². The quantitative estimate of drug-likeness (QED) is 0.675. The van der Waals surface area contributed by atoms with E-state index in [4.69, 9.17) is 9.47 Å². The summed E-state index contributed by atoms with van der Waals surface area (Å²) in [5.41, 5.74) is 1.35. The standard InChI is InChI=1S/C20H29N3O6S/c1-22-5-7-23(8-6-22)19(25)11-14-10-16-15-9-13(21-30(2,26)27)3-4-17(15)29-20(16)18(12-24)28-14/h3-4,9,14,16,18,20-21,24H,5-8,10-12H2,1-2H3/t14-,16-,18-,20+/m0/s1. The van der Waals surface area contributed by atoms with Gasteiger partial charge in [-0.25, -0.2) is 8.42 Å². The van der Waals surface area contributed by atoms with Gasteiger partial charge in [-0.3, -0.25) is 9.52 Å². The van der Waals surface area contributed by atoms with Crippen molar-refractivity contribution in [3.8, 4) is 5.75 Å². The summed E-state index contributed by atoms with van der Waals surface area (Å²) in [6.07, 6.45) is 0.740. The number of benzene rings is 1. The molecule has 1 aromatic carbocycles. The van der Waals surface area contributed by atoms with Gasteiger partial charge in [-0.15, -0.1) is 0 Å². The molecular weight excluding hydrogens is 410 g/mol. The third-order valence-electron chi connectivity index (χ3n) is 6.06. The second-order valence-corrected chi connectivity index (χ2v) is 10.2. The summed E-state index contributed by atoms with van der Waals surface area (Å²) in [6, 6.07) is 5.17. The summed E-state index contributed by atoms with van der Waals surface area (Å²) in [7, 11) is -1.35. The fourth-order valence-electron chi connectivity index (χ4n) is 4.55. The monoisotopic (exact) mass is 439 g/mol. The normalized spacial score (nSPS) is 29.1. The Hall–Kier alpha value is -1.88. The minimum absolute atomic E-state index is 0.0647. The molecule has 10 heteroatoms. The van der Waals surface area contributed by atoms with Crippen LogP contribution in [0.2, 0.25) is 0 Å². The molecular formula is C20H29N3O6S. The zero-order valence-corrected chi connectivity index (χ0v) is 18.1. The summed E-state index contributed by atoms with van der Waals surface area (Å²) >= 11 is 0. The lowest BCUT2D eigenvalue weighted by atomic mass is 9.84. The van der Waals surface area contributed by atoms with Gasteiger partial charge in [0.1, 0.15) is 18.0 Å².